The van der Waals surface area contributed by atoms with Gasteiger partial charge in [0.25, 0.3) is 0 Å². The summed E-state index contributed by atoms with van der Waals surface area (Å²) in [5.41, 5.74) is 8.37. The molecule has 0 amide bonds. The third-order valence-electron chi connectivity index (χ3n) is 5.10. The van der Waals surface area contributed by atoms with Crippen LogP contribution in [-0.4, -0.2) is 22.1 Å². The minimum atomic E-state index is 0.271. The number of anilines is 3. The van der Waals surface area contributed by atoms with Crippen LogP contribution in [0.1, 0.15) is 49.7 Å². The van der Waals surface area contributed by atoms with Crippen LogP contribution in [0, 0.1) is 29.1 Å². The summed E-state index contributed by atoms with van der Waals surface area (Å²) in [6.07, 6.45) is 8.44. The molecule has 6 heteroatoms. The third-order valence-corrected chi connectivity index (χ3v) is 5.10. The molecule has 0 saturated heterocycles. The van der Waals surface area contributed by atoms with Gasteiger partial charge in [-0.05, 0) is 56.4 Å². The second kappa shape index (κ2) is 8.29. The summed E-state index contributed by atoms with van der Waals surface area (Å²) in [6.45, 7) is 0. The van der Waals surface area contributed by atoms with Crippen LogP contribution in [0.2, 0.25) is 0 Å². The van der Waals surface area contributed by atoms with Crippen LogP contribution in [0.25, 0.3) is 0 Å². The van der Waals surface area contributed by atoms with Gasteiger partial charge in [0, 0.05) is 23.7 Å². The summed E-state index contributed by atoms with van der Waals surface area (Å²) in [5, 5.41) is 15.6. The van der Waals surface area contributed by atoms with Gasteiger partial charge < -0.3 is 16.4 Å². The van der Waals surface area contributed by atoms with E-state index in [4.69, 9.17) is 11.0 Å². The standard InChI is InChI=1S/C22H24N6/c23-13-16-5-8-20(9-6-16)27-22-25-14-17(21(28-22)26-19-10-11-19)7-4-15-2-1-3-18(24)12-15/h5-6,8-9,14-15,18-19H,1-3,10-12,24H2,(H2,25,26,27,28)/t15-,18-/m1/s1. The molecular formula is C22H24N6. The largest absolute Gasteiger partial charge is 0.366 e. The number of nitrogens with one attached hydrogen (secondary N) is 2. The van der Waals surface area contributed by atoms with E-state index in [-0.39, 0.29) is 6.04 Å². The zero-order chi connectivity index (χ0) is 19.3. The van der Waals surface area contributed by atoms with Crippen molar-refractivity contribution in [2.45, 2.75) is 50.6 Å². The fraction of sp³-hybridized carbons (Fsp3) is 0.409. The highest BCUT2D eigenvalue weighted by Crippen LogP contribution is 2.27. The molecule has 2 saturated carbocycles. The Morgan fingerprint density at radius 2 is 1.93 bits per heavy atom. The first-order valence-electron chi connectivity index (χ1n) is 9.87. The predicted molar refractivity (Wildman–Crippen MR) is 110 cm³/mol. The summed E-state index contributed by atoms with van der Waals surface area (Å²) in [5.74, 6) is 8.32. The Morgan fingerprint density at radius 1 is 1.11 bits per heavy atom. The van der Waals surface area contributed by atoms with E-state index in [0.717, 1.165) is 55.6 Å². The lowest BCUT2D eigenvalue weighted by molar-refractivity contribution is 0.381. The van der Waals surface area contributed by atoms with Gasteiger partial charge in [0.15, 0.2) is 0 Å². The average Bonchev–Trinajstić information content (AvgIpc) is 3.52. The lowest BCUT2D eigenvalue weighted by Crippen LogP contribution is -2.27. The Labute approximate surface area is 165 Å². The maximum Gasteiger partial charge on any atom is 0.229 e. The van der Waals surface area contributed by atoms with Gasteiger partial charge in [-0.3, -0.25) is 0 Å². The maximum atomic E-state index is 8.91. The zero-order valence-electron chi connectivity index (χ0n) is 15.8. The molecule has 1 heterocycles. The van der Waals surface area contributed by atoms with Gasteiger partial charge in [-0.1, -0.05) is 18.3 Å². The van der Waals surface area contributed by atoms with Crippen molar-refractivity contribution in [3.05, 3.63) is 41.6 Å². The van der Waals surface area contributed by atoms with Gasteiger partial charge >= 0.3 is 0 Å². The normalized spacial score (nSPS) is 21.1. The van der Waals surface area contributed by atoms with Crippen LogP contribution in [-0.2, 0) is 0 Å². The molecule has 2 aliphatic carbocycles. The predicted octanol–water partition coefficient (Wildman–Crippen LogP) is 3.54. The second-order valence-electron chi connectivity index (χ2n) is 7.58. The van der Waals surface area contributed by atoms with Crippen molar-refractivity contribution >= 4 is 17.5 Å². The highest BCUT2D eigenvalue weighted by atomic mass is 15.2. The SMILES string of the molecule is N#Cc1ccc(Nc2ncc(C#C[C@H]3CCC[C@@H](N)C3)c(NC3CC3)n2)cc1. The Morgan fingerprint density at radius 3 is 2.64 bits per heavy atom. The molecule has 0 spiro atoms. The summed E-state index contributed by atoms with van der Waals surface area (Å²) < 4.78 is 0. The first-order chi connectivity index (χ1) is 13.7. The van der Waals surface area contributed by atoms with Crippen molar-refractivity contribution < 1.29 is 0 Å². The molecule has 1 aromatic heterocycles. The first-order valence-corrected chi connectivity index (χ1v) is 9.87. The van der Waals surface area contributed by atoms with Crippen LogP contribution in [0.5, 0.6) is 0 Å². The number of hydrogen-bond acceptors (Lipinski definition) is 6. The number of nitrogens with zero attached hydrogens (tertiary/aromatic N) is 3. The fourth-order valence-electron chi connectivity index (χ4n) is 3.36. The number of nitrogens with two attached hydrogens (primary N) is 1. The van der Waals surface area contributed by atoms with E-state index in [1.165, 1.54) is 0 Å². The van der Waals surface area contributed by atoms with Crippen molar-refractivity contribution in [2.24, 2.45) is 11.7 Å². The third kappa shape index (κ3) is 4.79. The van der Waals surface area contributed by atoms with Crippen molar-refractivity contribution in [3.63, 3.8) is 0 Å². The van der Waals surface area contributed by atoms with Crippen LogP contribution in [0.3, 0.4) is 0 Å². The molecule has 0 bridgehead atoms. The number of nitriles is 1. The molecule has 0 aliphatic heterocycles. The highest BCUT2D eigenvalue weighted by Gasteiger charge is 2.23. The topological polar surface area (TPSA) is 99.7 Å². The van der Waals surface area contributed by atoms with E-state index in [1.807, 2.05) is 12.1 Å². The second-order valence-corrected chi connectivity index (χ2v) is 7.58. The number of rotatable bonds is 4. The lowest BCUT2D eigenvalue weighted by atomic mass is 9.86. The zero-order valence-corrected chi connectivity index (χ0v) is 15.8. The molecule has 2 fully saturated rings. The van der Waals surface area contributed by atoms with E-state index >= 15 is 0 Å². The van der Waals surface area contributed by atoms with E-state index < -0.39 is 0 Å². The van der Waals surface area contributed by atoms with Gasteiger partial charge in [0.1, 0.15) is 5.82 Å². The van der Waals surface area contributed by atoms with Gasteiger partial charge in [-0.15, -0.1) is 0 Å². The number of benzene rings is 1. The minimum Gasteiger partial charge on any atom is -0.366 e. The summed E-state index contributed by atoms with van der Waals surface area (Å²) in [7, 11) is 0. The van der Waals surface area contributed by atoms with Crippen LogP contribution in [0.4, 0.5) is 17.5 Å². The first kappa shape index (κ1) is 18.3. The van der Waals surface area contributed by atoms with Crippen molar-refractivity contribution in [1.29, 1.82) is 5.26 Å². The Kier molecular flexibility index (Phi) is 5.41. The molecule has 28 heavy (non-hydrogen) atoms. The Balaban J connectivity index is 1.52. The highest BCUT2D eigenvalue weighted by molar-refractivity contribution is 5.60. The molecule has 6 nitrogen and oxygen atoms in total. The molecule has 0 unspecified atom stereocenters. The molecule has 2 atom stereocenters. The molecule has 142 valence electrons. The van der Waals surface area contributed by atoms with Gasteiger partial charge in [-0.2, -0.15) is 10.2 Å². The van der Waals surface area contributed by atoms with Crippen LogP contribution >= 0.6 is 0 Å². The Hall–Kier alpha value is -3.09. The molecule has 4 N–H and O–H groups in total. The molecule has 0 radical (unpaired) electrons. The number of aromatic nitrogens is 2. The van der Waals surface area contributed by atoms with E-state index in [2.05, 4.69) is 38.5 Å². The quantitative estimate of drug-likeness (QED) is 0.710. The molecule has 2 aromatic rings. The molecular weight excluding hydrogens is 348 g/mol. The van der Waals surface area contributed by atoms with Crippen molar-refractivity contribution in [1.82, 2.24) is 9.97 Å². The minimum absolute atomic E-state index is 0.271. The fourth-order valence-corrected chi connectivity index (χ4v) is 3.36. The van der Waals surface area contributed by atoms with E-state index in [9.17, 15) is 0 Å². The Bertz CT molecular complexity index is 930. The monoisotopic (exact) mass is 372 g/mol. The number of hydrogen-bond donors (Lipinski definition) is 3. The smallest absolute Gasteiger partial charge is 0.229 e. The van der Waals surface area contributed by atoms with E-state index in [1.54, 1.807) is 18.3 Å². The van der Waals surface area contributed by atoms with Gasteiger partial charge in [0.05, 0.1) is 23.4 Å². The van der Waals surface area contributed by atoms with Gasteiger partial charge in [-0.25, -0.2) is 4.98 Å². The van der Waals surface area contributed by atoms with Crippen molar-refractivity contribution in [2.75, 3.05) is 10.6 Å². The maximum absolute atomic E-state index is 8.91. The van der Waals surface area contributed by atoms with Crippen molar-refractivity contribution in [3.8, 4) is 17.9 Å². The molecule has 1 aromatic carbocycles. The van der Waals surface area contributed by atoms with Gasteiger partial charge in [0.2, 0.25) is 5.95 Å². The molecule has 2 aliphatic rings. The van der Waals surface area contributed by atoms with Crippen LogP contribution in [0.15, 0.2) is 30.5 Å². The molecule has 4 rings (SSSR count). The van der Waals surface area contributed by atoms with E-state index in [0.29, 0.717) is 23.5 Å². The average molecular weight is 372 g/mol. The summed E-state index contributed by atoms with van der Waals surface area (Å²) in [6, 6.07) is 10.1. The summed E-state index contributed by atoms with van der Waals surface area (Å²) >= 11 is 0. The lowest BCUT2D eigenvalue weighted by Gasteiger charge is -2.22. The summed E-state index contributed by atoms with van der Waals surface area (Å²) in [4.78, 5) is 9.07. The van der Waals surface area contributed by atoms with Crippen LogP contribution < -0.4 is 16.4 Å².